The fourth-order valence-electron chi connectivity index (χ4n) is 2.20. The summed E-state index contributed by atoms with van der Waals surface area (Å²) in [7, 11) is 0. The summed E-state index contributed by atoms with van der Waals surface area (Å²) in [5, 5.41) is 11.6. The van der Waals surface area contributed by atoms with Gasteiger partial charge in [0.2, 0.25) is 5.91 Å². The van der Waals surface area contributed by atoms with Crippen molar-refractivity contribution >= 4 is 11.9 Å². The molecule has 17 heavy (non-hydrogen) atoms. The summed E-state index contributed by atoms with van der Waals surface area (Å²) in [5.41, 5.74) is 5.13. The molecule has 0 spiro atoms. The molecule has 1 atom stereocenters. The zero-order valence-electron chi connectivity index (χ0n) is 10.4. The van der Waals surface area contributed by atoms with Crippen LogP contribution in [-0.2, 0) is 9.59 Å². The molecule has 98 valence electrons. The summed E-state index contributed by atoms with van der Waals surface area (Å²) in [6.07, 6.45) is 5.35. The van der Waals surface area contributed by atoms with E-state index in [0.717, 1.165) is 25.7 Å². The Labute approximate surface area is 102 Å². The Hall–Kier alpha value is -1.10. The Bertz CT molecular complexity index is 285. The lowest BCUT2D eigenvalue weighted by Crippen LogP contribution is -2.56. The number of nitrogens with one attached hydrogen (secondary N) is 1. The molecule has 0 aromatic carbocycles. The summed E-state index contributed by atoms with van der Waals surface area (Å²) in [6, 6.07) is -0.802. The number of hydrogen-bond donors (Lipinski definition) is 3. The highest BCUT2D eigenvalue weighted by Gasteiger charge is 2.38. The first kappa shape index (κ1) is 14.0. The molecule has 0 aliphatic heterocycles. The Kier molecular flexibility index (Phi) is 4.93. The van der Waals surface area contributed by atoms with Gasteiger partial charge in [0.25, 0.3) is 0 Å². The van der Waals surface area contributed by atoms with Crippen molar-refractivity contribution in [2.75, 3.05) is 0 Å². The van der Waals surface area contributed by atoms with Gasteiger partial charge in [-0.3, -0.25) is 4.79 Å². The molecule has 5 nitrogen and oxygen atoms in total. The van der Waals surface area contributed by atoms with E-state index in [4.69, 9.17) is 10.8 Å². The number of amides is 1. The second-order valence-electron chi connectivity index (χ2n) is 4.87. The summed E-state index contributed by atoms with van der Waals surface area (Å²) < 4.78 is 0. The molecule has 0 aromatic heterocycles. The van der Waals surface area contributed by atoms with Crippen molar-refractivity contribution in [3.05, 3.63) is 0 Å². The first-order valence-electron chi connectivity index (χ1n) is 6.32. The van der Waals surface area contributed by atoms with Crippen LogP contribution >= 0.6 is 0 Å². The van der Waals surface area contributed by atoms with Gasteiger partial charge in [-0.15, -0.1) is 0 Å². The molecule has 1 amide bonds. The predicted octanol–water partition coefficient (Wildman–Crippen LogP) is 1.02. The molecule has 0 radical (unpaired) electrons. The molecule has 1 rings (SSSR count). The summed E-state index contributed by atoms with van der Waals surface area (Å²) in [5.74, 6) is -1.29. The summed E-state index contributed by atoms with van der Waals surface area (Å²) in [4.78, 5) is 23.0. The zero-order valence-corrected chi connectivity index (χ0v) is 10.4. The molecule has 0 aromatic rings. The van der Waals surface area contributed by atoms with E-state index in [1.54, 1.807) is 0 Å². The Morgan fingerprint density at radius 3 is 2.47 bits per heavy atom. The smallest absolute Gasteiger partial charge is 0.326 e. The standard InChI is InChI=1S/C12H22N2O3/c1-2-3-6-9(10(15)16)14-11(17)12(13)7-4-5-8-12/h9H,2-8,13H2,1H3,(H,14,17)(H,15,16). The molecule has 4 N–H and O–H groups in total. The predicted molar refractivity (Wildman–Crippen MR) is 64.5 cm³/mol. The molecule has 1 unspecified atom stereocenters. The largest absolute Gasteiger partial charge is 0.480 e. The van der Waals surface area contributed by atoms with Gasteiger partial charge in [-0.05, 0) is 19.3 Å². The van der Waals surface area contributed by atoms with E-state index in [1.807, 2.05) is 6.92 Å². The van der Waals surface area contributed by atoms with E-state index in [-0.39, 0.29) is 5.91 Å². The van der Waals surface area contributed by atoms with Crippen LogP contribution in [0.1, 0.15) is 51.9 Å². The van der Waals surface area contributed by atoms with Crippen LogP contribution in [0.2, 0.25) is 0 Å². The minimum Gasteiger partial charge on any atom is -0.480 e. The lowest BCUT2D eigenvalue weighted by Gasteiger charge is -2.25. The van der Waals surface area contributed by atoms with E-state index in [9.17, 15) is 9.59 Å². The van der Waals surface area contributed by atoms with Gasteiger partial charge >= 0.3 is 5.97 Å². The Morgan fingerprint density at radius 2 is 2.00 bits per heavy atom. The molecule has 5 heteroatoms. The average Bonchev–Trinajstić information content (AvgIpc) is 2.72. The van der Waals surface area contributed by atoms with Crippen LogP contribution in [0.15, 0.2) is 0 Å². The van der Waals surface area contributed by atoms with Crippen molar-refractivity contribution in [2.24, 2.45) is 5.73 Å². The van der Waals surface area contributed by atoms with Gasteiger partial charge in [-0.1, -0.05) is 32.6 Å². The van der Waals surface area contributed by atoms with E-state index in [1.165, 1.54) is 0 Å². The minimum absolute atomic E-state index is 0.307. The van der Waals surface area contributed by atoms with Gasteiger partial charge in [0.05, 0.1) is 5.54 Å². The molecule has 0 saturated heterocycles. The van der Waals surface area contributed by atoms with Gasteiger partial charge < -0.3 is 16.2 Å². The lowest BCUT2D eigenvalue weighted by molar-refractivity contribution is -0.142. The number of carbonyl (C=O) groups excluding carboxylic acids is 1. The van der Waals surface area contributed by atoms with Crippen LogP contribution in [0.25, 0.3) is 0 Å². The van der Waals surface area contributed by atoms with Gasteiger partial charge in [0.15, 0.2) is 0 Å². The number of rotatable bonds is 6. The molecular weight excluding hydrogens is 220 g/mol. The highest BCUT2D eigenvalue weighted by atomic mass is 16.4. The molecule has 1 aliphatic rings. The van der Waals surface area contributed by atoms with Gasteiger partial charge in [0.1, 0.15) is 6.04 Å². The second kappa shape index (κ2) is 6.00. The number of carbonyl (C=O) groups is 2. The quantitative estimate of drug-likeness (QED) is 0.648. The van der Waals surface area contributed by atoms with E-state index >= 15 is 0 Å². The van der Waals surface area contributed by atoms with Crippen molar-refractivity contribution in [1.29, 1.82) is 0 Å². The fourth-order valence-corrected chi connectivity index (χ4v) is 2.20. The topological polar surface area (TPSA) is 92.4 Å². The van der Waals surface area contributed by atoms with Gasteiger partial charge in [-0.2, -0.15) is 0 Å². The Balaban J connectivity index is 2.54. The SMILES string of the molecule is CCCCC(NC(=O)C1(N)CCCC1)C(=O)O. The number of unbranched alkanes of at least 4 members (excludes halogenated alkanes) is 1. The number of hydrogen-bond acceptors (Lipinski definition) is 3. The van der Waals surface area contributed by atoms with Crippen molar-refractivity contribution in [3.63, 3.8) is 0 Å². The third kappa shape index (κ3) is 3.70. The van der Waals surface area contributed by atoms with Crippen LogP contribution in [0, 0.1) is 0 Å². The fraction of sp³-hybridized carbons (Fsp3) is 0.833. The minimum atomic E-state index is -0.978. The van der Waals surface area contributed by atoms with Gasteiger partial charge in [0, 0.05) is 0 Å². The third-order valence-electron chi connectivity index (χ3n) is 3.40. The van der Waals surface area contributed by atoms with Gasteiger partial charge in [-0.25, -0.2) is 4.79 Å². The zero-order chi connectivity index (χ0) is 12.9. The number of carboxylic acids is 1. The normalized spacial score (nSPS) is 19.9. The monoisotopic (exact) mass is 242 g/mol. The second-order valence-corrected chi connectivity index (χ2v) is 4.87. The molecular formula is C12H22N2O3. The van der Waals surface area contributed by atoms with Crippen molar-refractivity contribution in [2.45, 2.75) is 63.5 Å². The first-order valence-corrected chi connectivity index (χ1v) is 6.32. The molecule has 0 bridgehead atoms. The first-order chi connectivity index (χ1) is 7.99. The van der Waals surface area contributed by atoms with E-state index in [2.05, 4.69) is 5.32 Å². The van der Waals surface area contributed by atoms with Crippen LogP contribution < -0.4 is 11.1 Å². The van der Waals surface area contributed by atoms with Crippen molar-refractivity contribution in [3.8, 4) is 0 Å². The summed E-state index contributed by atoms with van der Waals surface area (Å²) >= 11 is 0. The number of carboxylic acid groups (broad SMARTS) is 1. The molecule has 1 aliphatic carbocycles. The molecule has 1 saturated carbocycles. The summed E-state index contributed by atoms with van der Waals surface area (Å²) in [6.45, 7) is 1.99. The highest BCUT2D eigenvalue weighted by molar-refractivity contribution is 5.90. The van der Waals surface area contributed by atoms with Crippen molar-refractivity contribution < 1.29 is 14.7 Å². The Morgan fingerprint density at radius 1 is 1.41 bits per heavy atom. The van der Waals surface area contributed by atoms with Crippen LogP contribution in [0.4, 0.5) is 0 Å². The molecule has 0 heterocycles. The van der Waals surface area contributed by atoms with Crippen LogP contribution in [0.3, 0.4) is 0 Å². The third-order valence-corrected chi connectivity index (χ3v) is 3.40. The molecule has 1 fully saturated rings. The highest BCUT2D eigenvalue weighted by Crippen LogP contribution is 2.27. The van der Waals surface area contributed by atoms with Crippen LogP contribution in [0.5, 0.6) is 0 Å². The van der Waals surface area contributed by atoms with E-state index < -0.39 is 17.6 Å². The van der Waals surface area contributed by atoms with Crippen LogP contribution in [-0.4, -0.2) is 28.6 Å². The van der Waals surface area contributed by atoms with E-state index in [0.29, 0.717) is 19.3 Å². The lowest BCUT2D eigenvalue weighted by atomic mass is 9.97. The maximum Gasteiger partial charge on any atom is 0.326 e. The number of nitrogens with two attached hydrogens (primary N) is 1. The maximum atomic E-state index is 11.9. The van der Waals surface area contributed by atoms with Crippen molar-refractivity contribution in [1.82, 2.24) is 5.32 Å². The number of aliphatic carboxylic acids is 1. The average molecular weight is 242 g/mol. The maximum absolute atomic E-state index is 11.9.